The van der Waals surface area contributed by atoms with Crippen LogP contribution in [0.5, 0.6) is 0 Å². The molecule has 1 heterocycles. The van der Waals surface area contributed by atoms with E-state index in [4.69, 9.17) is 5.73 Å². The molecule has 3 atom stereocenters. The van der Waals surface area contributed by atoms with Crippen molar-refractivity contribution in [3.8, 4) is 0 Å². The number of carbonyl (C=O) groups excluding carboxylic acids is 2. The molecule has 0 spiro atoms. The number of nitrogens with zero attached hydrogens (tertiary/aromatic N) is 1. The smallest absolute Gasteiger partial charge is 0.239 e. The number of unbranched alkanes of at least 4 members (excludes halogenated alkanes) is 1. The highest BCUT2D eigenvalue weighted by molar-refractivity contribution is 5.82. The van der Waals surface area contributed by atoms with E-state index < -0.39 is 0 Å². The molecule has 2 aromatic carbocycles. The number of hydrogen-bond acceptors (Lipinski definition) is 4. The van der Waals surface area contributed by atoms with Gasteiger partial charge in [0.1, 0.15) is 0 Å². The van der Waals surface area contributed by atoms with Gasteiger partial charge in [-0.05, 0) is 49.8 Å². The first-order valence-corrected chi connectivity index (χ1v) is 14.2. The van der Waals surface area contributed by atoms with E-state index >= 15 is 0 Å². The van der Waals surface area contributed by atoms with Crippen LogP contribution >= 0.6 is 0 Å². The van der Waals surface area contributed by atoms with Gasteiger partial charge in [0.25, 0.3) is 0 Å². The monoisotopic (exact) mass is 506 g/mol. The molecule has 1 fully saturated rings. The standard InChI is InChI=1S/C31H46N4O2/c1-3-5-13-24(4-2)30(36)33-22-27-19-21-35(31(37)29(34-27)18-12-20-32)23-28(25-14-8-6-9-15-25)26-16-10-7-11-17-26/h6-11,14-17,24,27-29,34H,3-5,12-13,18-23,32H2,1-2H3,(H,33,36). The molecule has 0 bridgehead atoms. The van der Waals surface area contributed by atoms with Crippen LogP contribution in [-0.2, 0) is 9.59 Å². The predicted molar refractivity (Wildman–Crippen MR) is 151 cm³/mol. The van der Waals surface area contributed by atoms with Crippen LogP contribution < -0.4 is 16.4 Å². The third kappa shape index (κ3) is 8.68. The summed E-state index contributed by atoms with van der Waals surface area (Å²) in [5, 5.41) is 6.76. The molecule has 4 N–H and O–H groups in total. The van der Waals surface area contributed by atoms with Crippen LogP contribution in [0.2, 0.25) is 0 Å². The molecular weight excluding hydrogens is 460 g/mol. The molecule has 0 aromatic heterocycles. The van der Waals surface area contributed by atoms with E-state index in [0.29, 0.717) is 32.6 Å². The normalized spacial score (nSPS) is 19.0. The number of amides is 2. The van der Waals surface area contributed by atoms with E-state index in [1.807, 2.05) is 17.0 Å². The van der Waals surface area contributed by atoms with Gasteiger partial charge in [0.15, 0.2) is 0 Å². The highest BCUT2D eigenvalue weighted by atomic mass is 16.2. The summed E-state index contributed by atoms with van der Waals surface area (Å²) in [6.45, 7) is 6.63. The third-order valence-electron chi connectivity index (χ3n) is 7.59. The minimum atomic E-state index is -0.290. The van der Waals surface area contributed by atoms with Gasteiger partial charge in [0.2, 0.25) is 11.8 Å². The Morgan fingerprint density at radius 2 is 1.70 bits per heavy atom. The van der Waals surface area contributed by atoms with Crippen molar-refractivity contribution in [1.29, 1.82) is 0 Å². The van der Waals surface area contributed by atoms with Crippen LogP contribution in [0.15, 0.2) is 60.7 Å². The number of carbonyl (C=O) groups is 2. The average molecular weight is 507 g/mol. The molecule has 0 radical (unpaired) electrons. The summed E-state index contributed by atoms with van der Waals surface area (Å²) in [6.07, 6.45) is 6.24. The highest BCUT2D eigenvalue weighted by Gasteiger charge is 2.32. The number of benzene rings is 2. The first-order valence-electron chi connectivity index (χ1n) is 14.2. The molecule has 6 nitrogen and oxygen atoms in total. The maximum Gasteiger partial charge on any atom is 0.239 e. The largest absolute Gasteiger partial charge is 0.354 e. The second kappa shape index (κ2) is 15.5. The van der Waals surface area contributed by atoms with Gasteiger partial charge in [-0.2, -0.15) is 0 Å². The minimum Gasteiger partial charge on any atom is -0.354 e. The Morgan fingerprint density at radius 3 is 2.27 bits per heavy atom. The van der Waals surface area contributed by atoms with Crippen molar-refractivity contribution < 1.29 is 9.59 Å². The van der Waals surface area contributed by atoms with Crippen LogP contribution in [0.4, 0.5) is 0 Å². The quantitative estimate of drug-likeness (QED) is 0.353. The molecule has 1 aliphatic heterocycles. The maximum absolute atomic E-state index is 13.7. The lowest BCUT2D eigenvalue weighted by atomic mass is 9.90. The first kappa shape index (κ1) is 28.9. The number of nitrogens with two attached hydrogens (primary N) is 1. The third-order valence-corrected chi connectivity index (χ3v) is 7.59. The van der Waals surface area contributed by atoms with E-state index in [1.165, 1.54) is 11.1 Å². The van der Waals surface area contributed by atoms with Gasteiger partial charge in [-0.25, -0.2) is 0 Å². The van der Waals surface area contributed by atoms with Gasteiger partial charge in [-0.1, -0.05) is 87.4 Å². The van der Waals surface area contributed by atoms with Gasteiger partial charge in [-0.15, -0.1) is 0 Å². The summed E-state index contributed by atoms with van der Waals surface area (Å²) in [5.41, 5.74) is 8.22. The van der Waals surface area contributed by atoms with Gasteiger partial charge in [0, 0.05) is 37.5 Å². The van der Waals surface area contributed by atoms with Crippen LogP contribution in [0.1, 0.15) is 75.8 Å². The summed E-state index contributed by atoms with van der Waals surface area (Å²) in [7, 11) is 0. The highest BCUT2D eigenvalue weighted by Crippen LogP contribution is 2.27. The molecule has 0 aliphatic carbocycles. The molecule has 1 aliphatic rings. The second-order valence-corrected chi connectivity index (χ2v) is 10.3. The van der Waals surface area contributed by atoms with Crippen LogP contribution in [0.25, 0.3) is 0 Å². The number of rotatable bonds is 14. The lowest BCUT2D eigenvalue weighted by molar-refractivity contribution is -0.133. The molecule has 2 aromatic rings. The fraction of sp³-hybridized carbons (Fsp3) is 0.548. The number of hydrogen-bond donors (Lipinski definition) is 3. The van der Waals surface area contributed by atoms with Crippen molar-refractivity contribution in [1.82, 2.24) is 15.5 Å². The first-order chi connectivity index (χ1) is 18.1. The lowest BCUT2D eigenvalue weighted by Crippen LogP contribution is -2.49. The van der Waals surface area contributed by atoms with E-state index in [0.717, 1.165) is 38.5 Å². The number of nitrogens with one attached hydrogen (secondary N) is 2. The van der Waals surface area contributed by atoms with E-state index in [-0.39, 0.29) is 35.7 Å². The zero-order chi connectivity index (χ0) is 26.5. The van der Waals surface area contributed by atoms with Crippen molar-refractivity contribution in [2.45, 2.75) is 76.8 Å². The molecule has 3 rings (SSSR count). The van der Waals surface area contributed by atoms with Gasteiger partial charge in [-0.3, -0.25) is 9.59 Å². The average Bonchev–Trinajstić information content (AvgIpc) is 3.08. The predicted octanol–water partition coefficient (Wildman–Crippen LogP) is 4.45. The molecule has 0 saturated carbocycles. The summed E-state index contributed by atoms with van der Waals surface area (Å²) < 4.78 is 0. The Labute approximate surface area is 223 Å². The topological polar surface area (TPSA) is 87.5 Å². The molecule has 1 saturated heterocycles. The molecule has 6 heteroatoms. The maximum atomic E-state index is 13.7. The fourth-order valence-corrected chi connectivity index (χ4v) is 5.29. The van der Waals surface area contributed by atoms with Gasteiger partial charge in [0.05, 0.1) is 6.04 Å². The summed E-state index contributed by atoms with van der Waals surface area (Å²) >= 11 is 0. The zero-order valence-electron chi connectivity index (χ0n) is 22.7. The second-order valence-electron chi connectivity index (χ2n) is 10.3. The SMILES string of the molecule is CCCCC(CC)C(=O)NCC1CCN(CC(c2ccccc2)c2ccccc2)C(=O)C(CCCN)N1. The molecule has 202 valence electrons. The van der Waals surface area contributed by atoms with E-state index in [9.17, 15) is 9.59 Å². The summed E-state index contributed by atoms with van der Waals surface area (Å²) in [5.74, 6) is 0.432. The minimum absolute atomic E-state index is 0.0521. The van der Waals surface area contributed by atoms with Crippen molar-refractivity contribution in [2.24, 2.45) is 11.7 Å². The molecular formula is C31H46N4O2. The Balaban J connectivity index is 1.73. The Kier molecular flexibility index (Phi) is 12.1. The van der Waals surface area contributed by atoms with Crippen LogP contribution in [0, 0.1) is 5.92 Å². The molecule has 3 unspecified atom stereocenters. The van der Waals surface area contributed by atoms with Crippen molar-refractivity contribution in [3.63, 3.8) is 0 Å². The Morgan fingerprint density at radius 1 is 1.05 bits per heavy atom. The molecule has 37 heavy (non-hydrogen) atoms. The summed E-state index contributed by atoms with van der Waals surface area (Å²) in [6, 6.07) is 20.6. The van der Waals surface area contributed by atoms with Crippen LogP contribution in [-0.4, -0.2) is 55.0 Å². The van der Waals surface area contributed by atoms with Crippen molar-refractivity contribution in [2.75, 3.05) is 26.2 Å². The fourth-order valence-electron chi connectivity index (χ4n) is 5.29. The summed E-state index contributed by atoms with van der Waals surface area (Å²) in [4.78, 5) is 28.6. The Hall–Kier alpha value is -2.70. The lowest BCUT2D eigenvalue weighted by Gasteiger charge is -2.29. The van der Waals surface area contributed by atoms with Crippen molar-refractivity contribution in [3.05, 3.63) is 71.8 Å². The van der Waals surface area contributed by atoms with E-state index in [1.54, 1.807) is 0 Å². The zero-order valence-corrected chi connectivity index (χ0v) is 22.7. The van der Waals surface area contributed by atoms with Gasteiger partial charge < -0.3 is 21.3 Å². The molecule has 2 amide bonds. The van der Waals surface area contributed by atoms with Crippen molar-refractivity contribution >= 4 is 11.8 Å². The van der Waals surface area contributed by atoms with Gasteiger partial charge >= 0.3 is 0 Å². The van der Waals surface area contributed by atoms with Crippen LogP contribution in [0.3, 0.4) is 0 Å². The van der Waals surface area contributed by atoms with E-state index in [2.05, 4.69) is 73.0 Å². The Bertz CT molecular complexity index is 897.